The van der Waals surface area contributed by atoms with Crippen LogP contribution in [0.1, 0.15) is 27.7 Å². The van der Waals surface area contributed by atoms with Crippen molar-refractivity contribution in [3.05, 3.63) is 48.6 Å². The van der Waals surface area contributed by atoms with Crippen LogP contribution in [0.25, 0.3) is 0 Å². The van der Waals surface area contributed by atoms with Gasteiger partial charge in [-0.15, -0.1) is 0 Å². The van der Waals surface area contributed by atoms with Crippen molar-refractivity contribution in [3.63, 3.8) is 0 Å². The van der Waals surface area contributed by atoms with Crippen LogP contribution >= 0.6 is 0 Å². The third-order valence-electron chi connectivity index (χ3n) is 4.69. The molecule has 0 bridgehead atoms. The summed E-state index contributed by atoms with van der Waals surface area (Å²) in [6.07, 6.45) is 17.9. The van der Waals surface area contributed by atoms with E-state index in [0.29, 0.717) is 0 Å². The average Bonchev–Trinajstić information content (AvgIpc) is 2.76. The quantitative estimate of drug-likeness (QED) is 0.624. The van der Waals surface area contributed by atoms with Gasteiger partial charge in [-0.3, -0.25) is 0 Å². The summed E-state index contributed by atoms with van der Waals surface area (Å²) in [7, 11) is 0. The second kappa shape index (κ2) is 2.98. The van der Waals surface area contributed by atoms with Gasteiger partial charge in [0.15, 0.2) is 0 Å². The third kappa shape index (κ3) is 1.27. The van der Waals surface area contributed by atoms with E-state index in [-0.39, 0.29) is 16.2 Å². The van der Waals surface area contributed by atoms with Crippen LogP contribution in [0.2, 0.25) is 0 Å². The summed E-state index contributed by atoms with van der Waals surface area (Å²) in [5.74, 6) is 0. The Balaban J connectivity index is 2.43. The van der Waals surface area contributed by atoms with Crippen molar-refractivity contribution < 1.29 is 0 Å². The van der Waals surface area contributed by atoms with Crippen LogP contribution in [0.3, 0.4) is 0 Å². The molecule has 0 aliphatic heterocycles. The predicted octanol–water partition coefficient (Wildman–Crippen LogP) is 4.28. The Labute approximate surface area is 93.1 Å². The lowest BCUT2D eigenvalue weighted by Crippen LogP contribution is -2.42. The Hall–Kier alpha value is -1.04. The second-order valence-electron chi connectivity index (χ2n) is 5.63. The van der Waals surface area contributed by atoms with E-state index >= 15 is 0 Å². The molecule has 0 atom stereocenters. The highest BCUT2D eigenvalue weighted by Crippen LogP contribution is 2.56. The molecular weight excluding hydrogens is 180 g/mol. The number of hydrogen-bond donors (Lipinski definition) is 0. The van der Waals surface area contributed by atoms with Crippen LogP contribution in [-0.2, 0) is 0 Å². The first-order valence-electron chi connectivity index (χ1n) is 5.65. The molecule has 0 amide bonds. The molecule has 2 rings (SSSR count). The fourth-order valence-corrected chi connectivity index (χ4v) is 2.55. The fourth-order valence-electron chi connectivity index (χ4n) is 2.55. The molecular formula is C15H20. The summed E-state index contributed by atoms with van der Waals surface area (Å²) in [5.41, 5.74) is 0.495. The van der Waals surface area contributed by atoms with Gasteiger partial charge in [0.2, 0.25) is 0 Å². The van der Waals surface area contributed by atoms with Gasteiger partial charge in [0.05, 0.1) is 0 Å². The van der Waals surface area contributed by atoms with E-state index in [1.54, 1.807) is 0 Å². The summed E-state index contributed by atoms with van der Waals surface area (Å²) in [5, 5.41) is 0. The Morgan fingerprint density at radius 3 is 1.20 bits per heavy atom. The highest BCUT2D eigenvalue weighted by Gasteiger charge is 2.49. The zero-order chi connectivity index (χ0) is 11.2. The van der Waals surface area contributed by atoms with Crippen molar-refractivity contribution in [1.29, 1.82) is 0 Å². The highest BCUT2D eigenvalue weighted by atomic mass is 14.5. The molecule has 0 heterocycles. The molecule has 80 valence electrons. The fraction of sp³-hybridized carbons (Fsp3) is 0.467. The zero-order valence-electron chi connectivity index (χ0n) is 10.1. The van der Waals surface area contributed by atoms with Gasteiger partial charge < -0.3 is 0 Å². The topological polar surface area (TPSA) is 0 Å². The first-order valence-corrected chi connectivity index (χ1v) is 5.65. The Bertz CT molecular complexity index is 315. The van der Waals surface area contributed by atoms with Gasteiger partial charge in [0.25, 0.3) is 0 Å². The van der Waals surface area contributed by atoms with Crippen molar-refractivity contribution in [2.75, 3.05) is 0 Å². The van der Waals surface area contributed by atoms with Gasteiger partial charge in [-0.05, 0) is 5.41 Å². The van der Waals surface area contributed by atoms with Gasteiger partial charge in [-0.2, -0.15) is 0 Å². The van der Waals surface area contributed by atoms with Crippen molar-refractivity contribution in [3.8, 4) is 0 Å². The maximum Gasteiger partial charge on any atom is 0.0101 e. The maximum absolute atomic E-state index is 2.35. The number of hydrogen-bond acceptors (Lipinski definition) is 0. The van der Waals surface area contributed by atoms with E-state index in [1.165, 1.54) is 0 Å². The lowest BCUT2D eigenvalue weighted by atomic mass is 9.54. The summed E-state index contributed by atoms with van der Waals surface area (Å²) >= 11 is 0. The van der Waals surface area contributed by atoms with Gasteiger partial charge in [-0.25, -0.2) is 0 Å². The van der Waals surface area contributed by atoms with Crippen molar-refractivity contribution >= 4 is 0 Å². The largest absolute Gasteiger partial charge is 0.0742 e. The maximum atomic E-state index is 2.35. The standard InChI is InChI=1S/C15H20/c1-13(2,14(3)9-5-6-10-14)15(4)11-7-8-12-15/h5-12H,1-4H3. The Kier molecular flexibility index (Phi) is 2.08. The minimum atomic E-state index is 0.154. The van der Waals surface area contributed by atoms with Crippen molar-refractivity contribution in [2.45, 2.75) is 27.7 Å². The zero-order valence-corrected chi connectivity index (χ0v) is 10.1. The van der Waals surface area contributed by atoms with Gasteiger partial charge in [0, 0.05) is 10.8 Å². The minimum absolute atomic E-state index is 0.154. The molecule has 0 spiro atoms. The average molecular weight is 200 g/mol. The summed E-state index contributed by atoms with van der Waals surface area (Å²) < 4.78 is 0. The minimum Gasteiger partial charge on any atom is -0.0742 e. The summed E-state index contributed by atoms with van der Waals surface area (Å²) in [6, 6.07) is 0. The van der Waals surface area contributed by atoms with Crippen molar-refractivity contribution in [2.24, 2.45) is 16.2 Å². The number of rotatable bonds is 2. The van der Waals surface area contributed by atoms with Crippen LogP contribution in [0.15, 0.2) is 48.6 Å². The molecule has 0 aromatic carbocycles. The first-order chi connectivity index (χ1) is 6.91. The van der Waals surface area contributed by atoms with Crippen molar-refractivity contribution in [1.82, 2.24) is 0 Å². The lowest BCUT2D eigenvalue weighted by Gasteiger charge is -2.49. The Morgan fingerprint density at radius 1 is 0.667 bits per heavy atom. The summed E-state index contributed by atoms with van der Waals surface area (Å²) in [6.45, 7) is 9.34. The molecule has 0 nitrogen and oxygen atoms in total. The molecule has 0 radical (unpaired) electrons. The smallest absolute Gasteiger partial charge is 0.0101 e. The molecule has 0 heteroatoms. The van der Waals surface area contributed by atoms with Gasteiger partial charge in [0.1, 0.15) is 0 Å². The van der Waals surface area contributed by atoms with Crippen LogP contribution in [0, 0.1) is 16.2 Å². The van der Waals surface area contributed by atoms with E-state index in [0.717, 1.165) is 0 Å². The molecule has 0 unspecified atom stereocenters. The van der Waals surface area contributed by atoms with Crippen LogP contribution in [-0.4, -0.2) is 0 Å². The van der Waals surface area contributed by atoms with E-state index in [1.807, 2.05) is 0 Å². The first kappa shape index (κ1) is 10.5. The number of allylic oxidation sites excluding steroid dienone is 8. The van der Waals surface area contributed by atoms with E-state index < -0.39 is 0 Å². The Morgan fingerprint density at radius 2 is 0.933 bits per heavy atom. The van der Waals surface area contributed by atoms with E-state index in [4.69, 9.17) is 0 Å². The molecule has 0 aromatic heterocycles. The molecule has 0 fully saturated rings. The van der Waals surface area contributed by atoms with Gasteiger partial charge >= 0.3 is 0 Å². The predicted molar refractivity (Wildman–Crippen MR) is 66.6 cm³/mol. The molecule has 0 saturated heterocycles. The highest BCUT2D eigenvalue weighted by molar-refractivity contribution is 5.35. The summed E-state index contributed by atoms with van der Waals surface area (Å²) in [4.78, 5) is 0. The lowest BCUT2D eigenvalue weighted by molar-refractivity contribution is 0.0928. The third-order valence-corrected chi connectivity index (χ3v) is 4.69. The monoisotopic (exact) mass is 200 g/mol. The molecule has 0 N–H and O–H groups in total. The molecule has 0 aromatic rings. The van der Waals surface area contributed by atoms with Crippen LogP contribution < -0.4 is 0 Å². The molecule has 2 aliphatic rings. The molecule has 15 heavy (non-hydrogen) atoms. The molecule has 2 aliphatic carbocycles. The van der Waals surface area contributed by atoms with E-state index in [2.05, 4.69) is 76.3 Å². The normalized spacial score (nSPS) is 25.3. The van der Waals surface area contributed by atoms with Crippen LogP contribution in [0.4, 0.5) is 0 Å². The molecule has 0 saturated carbocycles. The van der Waals surface area contributed by atoms with Gasteiger partial charge in [-0.1, -0.05) is 76.3 Å². The van der Waals surface area contributed by atoms with Crippen LogP contribution in [0.5, 0.6) is 0 Å². The van der Waals surface area contributed by atoms with E-state index in [9.17, 15) is 0 Å². The SMILES string of the molecule is CC1(C(C)(C)C2(C)C=CC=C2)C=CC=C1. The second-order valence-corrected chi connectivity index (χ2v) is 5.63.